The number of fused-ring (bicyclic) bond motifs is 1. The van der Waals surface area contributed by atoms with E-state index in [4.69, 9.17) is 5.73 Å². The maximum absolute atomic E-state index is 13.1. The van der Waals surface area contributed by atoms with Crippen molar-refractivity contribution >= 4 is 29.0 Å². The van der Waals surface area contributed by atoms with Crippen LogP contribution < -0.4 is 11.1 Å². The third kappa shape index (κ3) is 4.11. The van der Waals surface area contributed by atoms with Crippen LogP contribution in [0.3, 0.4) is 0 Å². The molecule has 2 unspecified atom stereocenters. The Morgan fingerprint density at radius 2 is 1.96 bits per heavy atom. The van der Waals surface area contributed by atoms with Crippen molar-refractivity contribution < 1.29 is 13.2 Å². The first-order valence-electron chi connectivity index (χ1n) is 7.83. The van der Waals surface area contributed by atoms with Gasteiger partial charge in [-0.3, -0.25) is 0 Å². The van der Waals surface area contributed by atoms with Gasteiger partial charge >= 0.3 is 6.18 Å². The molecule has 1 aromatic heterocycles. The first-order chi connectivity index (χ1) is 10.8. The number of alkyl halides is 3. The molecule has 2 atom stereocenters. The molecule has 3 nitrogen and oxygen atoms in total. The summed E-state index contributed by atoms with van der Waals surface area (Å²) in [5.41, 5.74) is 6.95. The second kappa shape index (κ2) is 7.15. The van der Waals surface area contributed by atoms with Gasteiger partial charge in [0.15, 0.2) is 0 Å². The van der Waals surface area contributed by atoms with Crippen molar-refractivity contribution in [3.63, 3.8) is 0 Å². The first-order valence-corrected chi connectivity index (χ1v) is 7.83. The van der Waals surface area contributed by atoms with Crippen molar-refractivity contribution in [2.24, 2.45) is 5.73 Å². The van der Waals surface area contributed by atoms with Crippen molar-refractivity contribution in [2.75, 3.05) is 5.32 Å². The number of aryl methyl sites for hydroxylation is 1. The van der Waals surface area contributed by atoms with Gasteiger partial charge in [-0.1, -0.05) is 11.6 Å². The molecule has 1 heterocycles. The Morgan fingerprint density at radius 1 is 1.21 bits per heavy atom. The number of nitrogens with two attached hydrogens (primary N) is 1. The van der Waals surface area contributed by atoms with Crippen LogP contribution in [0.15, 0.2) is 24.3 Å². The summed E-state index contributed by atoms with van der Waals surface area (Å²) in [6.07, 6.45) is -0.796. The van der Waals surface area contributed by atoms with Crippen LogP contribution in [0.25, 0.3) is 10.9 Å². The van der Waals surface area contributed by atoms with Crippen LogP contribution in [-0.2, 0) is 6.18 Å². The molecule has 0 radical (unpaired) electrons. The van der Waals surface area contributed by atoms with Crippen LogP contribution >= 0.6 is 12.4 Å². The number of anilines is 1. The lowest BCUT2D eigenvalue weighted by molar-refractivity contribution is -0.140. The molecule has 1 fully saturated rings. The van der Waals surface area contributed by atoms with Gasteiger partial charge in [0.1, 0.15) is 5.69 Å². The van der Waals surface area contributed by atoms with E-state index in [9.17, 15) is 13.2 Å². The van der Waals surface area contributed by atoms with E-state index in [1.165, 1.54) is 0 Å². The number of rotatable bonds is 2. The smallest absolute Gasteiger partial charge is 0.382 e. The molecule has 1 aliphatic rings. The van der Waals surface area contributed by atoms with Crippen LogP contribution in [0, 0.1) is 6.92 Å². The van der Waals surface area contributed by atoms with Crippen molar-refractivity contribution in [2.45, 2.75) is 50.9 Å². The Kier molecular flexibility index (Phi) is 5.60. The number of hydrogen-bond acceptors (Lipinski definition) is 3. The molecule has 0 aliphatic heterocycles. The molecule has 0 spiro atoms. The fraction of sp³-hybridized carbons (Fsp3) is 0.471. The Bertz CT molecular complexity index is 718. The topological polar surface area (TPSA) is 50.9 Å². The van der Waals surface area contributed by atoms with Crippen LogP contribution in [-0.4, -0.2) is 17.1 Å². The molecular formula is C17H21ClF3N3. The normalized spacial score (nSPS) is 21.4. The summed E-state index contributed by atoms with van der Waals surface area (Å²) in [5.74, 6) is 0. The number of nitrogens with zero attached hydrogens (tertiary/aromatic N) is 1. The summed E-state index contributed by atoms with van der Waals surface area (Å²) in [6, 6.07) is 6.60. The molecule has 24 heavy (non-hydrogen) atoms. The summed E-state index contributed by atoms with van der Waals surface area (Å²) in [5, 5.41) is 3.99. The lowest BCUT2D eigenvalue weighted by atomic mass is 9.91. The van der Waals surface area contributed by atoms with Crippen LogP contribution in [0.2, 0.25) is 0 Å². The van der Waals surface area contributed by atoms with E-state index in [-0.39, 0.29) is 24.5 Å². The molecule has 1 aliphatic carbocycles. The van der Waals surface area contributed by atoms with E-state index in [2.05, 4.69) is 10.3 Å². The van der Waals surface area contributed by atoms with Crippen LogP contribution in [0.1, 0.15) is 36.9 Å². The number of halogens is 4. The van der Waals surface area contributed by atoms with Gasteiger partial charge in [-0.05, 0) is 50.8 Å². The van der Waals surface area contributed by atoms with Gasteiger partial charge in [0.25, 0.3) is 0 Å². The highest BCUT2D eigenvalue weighted by Crippen LogP contribution is 2.34. The van der Waals surface area contributed by atoms with Gasteiger partial charge in [0.05, 0.1) is 5.52 Å². The van der Waals surface area contributed by atoms with E-state index >= 15 is 0 Å². The Morgan fingerprint density at radius 3 is 2.62 bits per heavy atom. The highest BCUT2D eigenvalue weighted by atomic mass is 35.5. The molecule has 1 saturated carbocycles. The molecule has 1 aromatic carbocycles. The van der Waals surface area contributed by atoms with Crippen molar-refractivity contribution in [1.29, 1.82) is 0 Å². The third-order valence-corrected chi connectivity index (χ3v) is 4.33. The van der Waals surface area contributed by atoms with E-state index in [1.807, 2.05) is 13.0 Å². The summed E-state index contributed by atoms with van der Waals surface area (Å²) in [7, 11) is 0. The van der Waals surface area contributed by atoms with Gasteiger partial charge < -0.3 is 11.1 Å². The summed E-state index contributed by atoms with van der Waals surface area (Å²) in [6.45, 7) is 1.91. The number of nitrogens with one attached hydrogen (secondary N) is 1. The number of hydrogen-bond donors (Lipinski definition) is 2. The average Bonchev–Trinajstić information content (AvgIpc) is 2.46. The van der Waals surface area contributed by atoms with Crippen molar-refractivity contribution in [3.05, 3.63) is 35.5 Å². The average molecular weight is 360 g/mol. The SMILES string of the molecule is Cc1ccc2nc(C(F)(F)F)cc(NC3CCCC(N)C3)c2c1.Cl. The lowest BCUT2D eigenvalue weighted by Crippen LogP contribution is -2.35. The van der Waals surface area contributed by atoms with E-state index in [1.54, 1.807) is 12.1 Å². The molecule has 132 valence electrons. The highest BCUT2D eigenvalue weighted by Gasteiger charge is 2.33. The zero-order valence-electron chi connectivity index (χ0n) is 13.4. The van der Waals surface area contributed by atoms with Gasteiger partial charge in [0.2, 0.25) is 0 Å². The minimum Gasteiger partial charge on any atom is -0.382 e. The monoisotopic (exact) mass is 359 g/mol. The second-order valence-electron chi connectivity index (χ2n) is 6.34. The number of pyridine rings is 1. The molecule has 3 rings (SSSR count). The van der Waals surface area contributed by atoms with E-state index < -0.39 is 11.9 Å². The van der Waals surface area contributed by atoms with Gasteiger partial charge in [0, 0.05) is 23.2 Å². The standard InChI is InChI=1S/C17H20F3N3.ClH/c1-10-5-6-14-13(7-10)15(9-16(23-14)17(18,19)20)22-12-4-2-3-11(21)8-12;/h5-7,9,11-12H,2-4,8,21H2,1H3,(H,22,23);1H. The fourth-order valence-corrected chi connectivity index (χ4v) is 3.18. The molecule has 0 saturated heterocycles. The summed E-state index contributed by atoms with van der Waals surface area (Å²) >= 11 is 0. The van der Waals surface area contributed by atoms with Gasteiger partial charge in [-0.15, -0.1) is 12.4 Å². The number of benzene rings is 1. The lowest BCUT2D eigenvalue weighted by Gasteiger charge is -2.29. The molecule has 2 aromatic rings. The molecule has 7 heteroatoms. The largest absolute Gasteiger partial charge is 0.433 e. The quantitative estimate of drug-likeness (QED) is 0.819. The Balaban J connectivity index is 0.00000208. The molecule has 0 bridgehead atoms. The predicted molar refractivity (Wildman–Crippen MR) is 92.6 cm³/mol. The molecular weight excluding hydrogens is 339 g/mol. The first kappa shape index (κ1) is 18.8. The Hall–Kier alpha value is -1.53. The Labute approximate surface area is 145 Å². The van der Waals surface area contributed by atoms with Crippen molar-refractivity contribution in [3.8, 4) is 0 Å². The predicted octanol–water partition coefficient (Wildman–Crippen LogP) is 4.67. The minimum atomic E-state index is -4.46. The fourth-order valence-electron chi connectivity index (χ4n) is 3.18. The second-order valence-corrected chi connectivity index (χ2v) is 6.34. The zero-order chi connectivity index (χ0) is 16.6. The molecule has 0 amide bonds. The van der Waals surface area contributed by atoms with Gasteiger partial charge in [-0.25, -0.2) is 4.98 Å². The van der Waals surface area contributed by atoms with E-state index in [0.29, 0.717) is 11.2 Å². The zero-order valence-corrected chi connectivity index (χ0v) is 14.2. The van der Waals surface area contributed by atoms with Crippen LogP contribution in [0.4, 0.5) is 18.9 Å². The summed E-state index contributed by atoms with van der Waals surface area (Å²) < 4.78 is 39.3. The maximum atomic E-state index is 13.1. The van der Waals surface area contributed by atoms with E-state index in [0.717, 1.165) is 42.7 Å². The van der Waals surface area contributed by atoms with Crippen LogP contribution in [0.5, 0.6) is 0 Å². The minimum absolute atomic E-state index is 0. The molecule has 3 N–H and O–H groups in total. The number of aromatic nitrogens is 1. The van der Waals surface area contributed by atoms with Crippen molar-refractivity contribution in [1.82, 2.24) is 4.98 Å². The summed E-state index contributed by atoms with van der Waals surface area (Å²) in [4.78, 5) is 3.77. The maximum Gasteiger partial charge on any atom is 0.433 e. The van der Waals surface area contributed by atoms with Gasteiger partial charge in [-0.2, -0.15) is 13.2 Å². The highest BCUT2D eigenvalue weighted by molar-refractivity contribution is 5.92. The third-order valence-electron chi connectivity index (χ3n) is 4.33.